The molecule has 66 valence electrons. The van der Waals surface area contributed by atoms with Crippen LogP contribution in [-0.4, -0.2) is 0 Å². The first-order valence-corrected chi connectivity index (χ1v) is 5.20. The minimum Gasteiger partial charge on any atom is -0.0876 e. The second-order valence-electron chi connectivity index (χ2n) is 2.27. The van der Waals surface area contributed by atoms with Crippen molar-refractivity contribution in [3.05, 3.63) is 46.1 Å². The molecule has 0 aliphatic heterocycles. The average molecular weight is 274 g/mol. The third kappa shape index (κ3) is 7.79. The Morgan fingerprint density at radius 3 is 2.58 bits per heavy atom. The van der Waals surface area contributed by atoms with E-state index in [1.165, 1.54) is 3.58 Å². The molecular weight excluding hydrogens is 259 g/mol. The van der Waals surface area contributed by atoms with Crippen LogP contribution in [0.25, 0.3) is 0 Å². The Bertz CT molecular complexity index is 207. The van der Waals surface area contributed by atoms with Crippen molar-refractivity contribution in [2.24, 2.45) is 0 Å². The first-order valence-electron chi connectivity index (χ1n) is 4.13. The summed E-state index contributed by atoms with van der Waals surface area (Å²) in [4.78, 5) is 0. The van der Waals surface area contributed by atoms with Crippen molar-refractivity contribution in [2.75, 3.05) is 0 Å². The van der Waals surface area contributed by atoms with Crippen LogP contribution in [0.5, 0.6) is 0 Å². The quantitative estimate of drug-likeness (QED) is 0.526. The zero-order valence-corrected chi connectivity index (χ0v) is 9.78. The maximum absolute atomic E-state index is 2.31. The Hall–Kier alpha value is -0.310. The van der Waals surface area contributed by atoms with Gasteiger partial charge in [-0.15, -0.1) is 0 Å². The fourth-order valence-electron chi connectivity index (χ4n) is 0.606. The summed E-state index contributed by atoms with van der Waals surface area (Å²) < 4.78 is 1.24. The van der Waals surface area contributed by atoms with Crippen LogP contribution in [0, 0.1) is 0 Å². The van der Waals surface area contributed by atoms with Gasteiger partial charge in [-0.3, -0.25) is 0 Å². The van der Waals surface area contributed by atoms with E-state index in [0.717, 1.165) is 6.42 Å². The summed E-state index contributed by atoms with van der Waals surface area (Å²) in [5, 5.41) is 0. The predicted molar refractivity (Wildman–Crippen MR) is 65.5 cm³/mol. The number of hydrogen-bond donors (Lipinski definition) is 0. The molecule has 1 heteroatoms. The van der Waals surface area contributed by atoms with Crippen LogP contribution < -0.4 is 0 Å². The monoisotopic (exact) mass is 274 g/mol. The second kappa shape index (κ2) is 8.78. The van der Waals surface area contributed by atoms with Gasteiger partial charge in [0.15, 0.2) is 0 Å². The summed E-state index contributed by atoms with van der Waals surface area (Å²) in [5.41, 5.74) is 0. The second-order valence-corrected chi connectivity index (χ2v) is 3.52. The van der Waals surface area contributed by atoms with Crippen LogP contribution in [0.2, 0.25) is 0 Å². The number of rotatable bonds is 4. The lowest BCUT2D eigenvalue weighted by Crippen LogP contribution is -1.59. The molecule has 0 saturated carbocycles. The highest BCUT2D eigenvalue weighted by molar-refractivity contribution is 14.1. The molecule has 0 aliphatic carbocycles. The largest absolute Gasteiger partial charge is 0.0876 e. The van der Waals surface area contributed by atoms with Crippen molar-refractivity contribution in [1.29, 1.82) is 0 Å². The fourth-order valence-corrected chi connectivity index (χ4v) is 1.02. The SMILES string of the molecule is C\C=C/C=C(I)/C=C\C=C/CC. The van der Waals surface area contributed by atoms with Gasteiger partial charge in [-0.1, -0.05) is 37.3 Å². The Morgan fingerprint density at radius 2 is 2.00 bits per heavy atom. The molecule has 0 radical (unpaired) electrons. The van der Waals surface area contributed by atoms with Crippen molar-refractivity contribution in [1.82, 2.24) is 0 Å². The van der Waals surface area contributed by atoms with Gasteiger partial charge >= 0.3 is 0 Å². The molecule has 0 aliphatic rings. The van der Waals surface area contributed by atoms with E-state index < -0.39 is 0 Å². The van der Waals surface area contributed by atoms with Crippen LogP contribution in [0.15, 0.2) is 46.1 Å². The highest BCUT2D eigenvalue weighted by Gasteiger charge is 1.77. The summed E-state index contributed by atoms with van der Waals surface area (Å²) in [6.45, 7) is 4.14. The van der Waals surface area contributed by atoms with Gasteiger partial charge in [-0.05, 0) is 48.1 Å². The standard InChI is InChI=1S/C11H15I/c1-3-5-7-8-10-11(12)9-6-4-2/h4-10H,3H2,1-2H3/b6-4-,7-5-,10-8-,11-9-. The van der Waals surface area contributed by atoms with Gasteiger partial charge in [-0.2, -0.15) is 0 Å². The van der Waals surface area contributed by atoms with E-state index in [0.29, 0.717) is 0 Å². The number of halogens is 1. The van der Waals surface area contributed by atoms with E-state index in [1.54, 1.807) is 0 Å². The smallest absolute Gasteiger partial charge is 0.0130 e. The van der Waals surface area contributed by atoms with Gasteiger partial charge in [0.05, 0.1) is 0 Å². The Morgan fingerprint density at radius 1 is 1.25 bits per heavy atom. The van der Waals surface area contributed by atoms with Gasteiger partial charge in [0.25, 0.3) is 0 Å². The molecule has 0 atom stereocenters. The van der Waals surface area contributed by atoms with Crippen LogP contribution in [0.1, 0.15) is 20.3 Å². The molecule has 0 aromatic carbocycles. The van der Waals surface area contributed by atoms with Crippen molar-refractivity contribution in [3.63, 3.8) is 0 Å². The normalized spacial score (nSPS) is 14.1. The van der Waals surface area contributed by atoms with Gasteiger partial charge in [0.1, 0.15) is 0 Å². The molecule has 0 bridgehead atoms. The van der Waals surface area contributed by atoms with Crippen LogP contribution in [0.3, 0.4) is 0 Å². The van der Waals surface area contributed by atoms with Gasteiger partial charge < -0.3 is 0 Å². The Labute approximate surface area is 88.9 Å². The molecule has 0 nitrogen and oxygen atoms in total. The molecule has 12 heavy (non-hydrogen) atoms. The lowest BCUT2D eigenvalue weighted by atomic mass is 10.3. The molecular formula is C11H15I. The third-order valence-electron chi connectivity index (χ3n) is 1.19. The maximum Gasteiger partial charge on any atom is 0.0130 e. The lowest BCUT2D eigenvalue weighted by Gasteiger charge is -1.83. The Balaban J connectivity index is 3.90. The first kappa shape index (κ1) is 11.7. The summed E-state index contributed by atoms with van der Waals surface area (Å²) in [6, 6.07) is 0. The molecule has 0 aromatic heterocycles. The van der Waals surface area contributed by atoms with Gasteiger partial charge in [0.2, 0.25) is 0 Å². The van der Waals surface area contributed by atoms with Crippen molar-refractivity contribution in [2.45, 2.75) is 20.3 Å². The van der Waals surface area contributed by atoms with Crippen LogP contribution >= 0.6 is 22.6 Å². The topological polar surface area (TPSA) is 0 Å². The molecule has 0 spiro atoms. The minimum absolute atomic E-state index is 1.10. The van der Waals surface area contributed by atoms with E-state index in [-0.39, 0.29) is 0 Å². The molecule has 0 N–H and O–H groups in total. The molecule has 0 saturated heterocycles. The molecule has 0 amide bonds. The summed E-state index contributed by atoms with van der Waals surface area (Å²) in [6.07, 6.45) is 15.6. The van der Waals surface area contributed by atoms with Crippen molar-refractivity contribution < 1.29 is 0 Å². The molecule has 0 unspecified atom stereocenters. The molecule has 0 fully saturated rings. The van der Waals surface area contributed by atoms with Gasteiger partial charge in [-0.25, -0.2) is 0 Å². The summed E-state index contributed by atoms with van der Waals surface area (Å²) in [5.74, 6) is 0. The molecule has 0 rings (SSSR count). The van der Waals surface area contributed by atoms with E-state index in [2.05, 4.69) is 59.9 Å². The fraction of sp³-hybridized carbons (Fsp3) is 0.273. The lowest BCUT2D eigenvalue weighted by molar-refractivity contribution is 1.22. The number of allylic oxidation sites excluding steroid dienone is 8. The highest BCUT2D eigenvalue weighted by atomic mass is 127. The van der Waals surface area contributed by atoms with E-state index in [9.17, 15) is 0 Å². The minimum atomic E-state index is 1.10. The molecule has 0 aromatic rings. The average Bonchev–Trinajstić information content (AvgIpc) is 2.09. The molecule has 0 heterocycles. The first-order chi connectivity index (χ1) is 5.81. The van der Waals surface area contributed by atoms with E-state index >= 15 is 0 Å². The summed E-state index contributed by atoms with van der Waals surface area (Å²) in [7, 11) is 0. The van der Waals surface area contributed by atoms with Crippen molar-refractivity contribution >= 4 is 22.6 Å². The zero-order chi connectivity index (χ0) is 9.23. The summed E-state index contributed by atoms with van der Waals surface area (Å²) >= 11 is 2.31. The van der Waals surface area contributed by atoms with Crippen LogP contribution in [0.4, 0.5) is 0 Å². The van der Waals surface area contributed by atoms with Crippen molar-refractivity contribution in [3.8, 4) is 0 Å². The maximum atomic E-state index is 2.31. The number of hydrogen-bond acceptors (Lipinski definition) is 0. The third-order valence-corrected chi connectivity index (χ3v) is 1.91. The van der Waals surface area contributed by atoms with Crippen LogP contribution in [-0.2, 0) is 0 Å². The van der Waals surface area contributed by atoms with Gasteiger partial charge in [0, 0.05) is 3.58 Å². The zero-order valence-electron chi connectivity index (χ0n) is 7.63. The van der Waals surface area contributed by atoms with E-state index in [1.807, 2.05) is 19.1 Å². The Kier molecular flexibility index (Phi) is 8.56. The van der Waals surface area contributed by atoms with E-state index in [4.69, 9.17) is 0 Å². The predicted octanol–water partition coefficient (Wildman–Crippen LogP) is 4.40. The highest BCUT2D eigenvalue weighted by Crippen LogP contribution is 2.07.